The summed E-state index contributed by atoms with van der Waals surface area (Å²) in [4.78, 5) is 13.3. The van der Waals surface area contributed by atoms with Crippen molar-refractivity contribution in [1.82, 2.24) is 10.6 Å². The number of carbonyl (C=O) groups excluding carboxylic acids is 1. The van der Waals surface area contributed by atoms with Crippen LogP contribution in [0.5, 0.6) is 0 Å². The number of hydrogen-bond acceptors (Lipinski definition) is 4. The Morgan fingerprint density at radius 1 is 1.52 bits per heavy atom. The lowest BCUT2D eigenvalue weighted by Crippen LogP contribution is -2.48. The molecule has 1 saturated heterocycles. The smallest absolute Gasteiger partial charge is 0.315 e. The van der Waals surface area contributed by atoms with E-state index in [0.717, 1.165) is 17.1 Å². The van der Waals surface area contributed by atoms with E-state index in [4.69, 9.17) is 0 Å². The van der Waals surface area contributed by atoms with Crippen LogP contribution in [0.25, 0.3) is 0 Å². The van der Waals surface area contributed by atoms with E-state index in [1.807, 2.05) is 17.5 Å². The number of hydrogen-bond donors (Lipinski definition) is 3. The Bertz CT molecular complexity index is 463. The Morgan fingerprint density at radius 3 is 2.81 bits per heavy atom. The summed E-state index contributed by atoms with van der Waals surface area (Å²) >= 11 is 3.38. The molecule has 3 N–H and O–H groups in total. The van der Waals surface area contributed by atoms with Gasteiger partial charge in [0.1, 0.15) is 0 Å². The van der Waals surface area contributed by atoms with Gasteiger partial charge in [0.25, 0.3) is 0 Å². The fraction of sp³-hybridized carbons (Fsp3) is 0.667. The highest BCUT2D eigenvalue weighted by Gasteiger charge is 2.33. The predicted molar refractivity (Wildman–Crippen MR) is 89.9 cm³/mol. The average molecular weight is 329 g/mol. The molecule has 1 aliphatic heterocycles. The number of amides is 2. The first-order chi connectivity index (χ1) is 9.80. The minimum absolute atomic E-state index is 0.0369. The molecule has 1 aromatic rings. The Balaban J connectivity index is 1.93. The van der Waals surface area contributed by atoms with Crippen LogP contribution >= 0.6 is 23.1 Å². The molecule has 0 spiro atoms. The zero-order chi connectivity index (χ0) is 15.5. The summed E-state index contributed by atoms with van der Waals surface area (Å²) in [7, 11) is 0. The molecule has 2 amide bonds. The second-order valence-electron chi connectivity index (χ2n) is 6.67. The Kier molecular flexibility index (Phi) is 5.22. The lowest BCUT2D eigenvalue weighted by Gasteiger charge is -2.31. The Morgan fingerprint density at radius 2 is 2.29 bits per heavy atom. The van der Waals surface area contributed by atoms with Gasteiger partial charge in [0.15, 0.2) is 0 Å². The van der Waals surface area contributed by atoms with E-state index in [1.165, 1.54) is 0 Å². The number of carbonyl (C=O) groups is 1. The van der Waals surface area contributed by atoms with Crippen molar-refractivity contribution in [3.8, 4) is 0 Å². The topological polar surface area (TPSA) is 61.4 Å². The SMILES string of the molecule is CC(C)(C)C(NC(=O)NCC1(O)CCSC1)c1cccs1. The summed E-state index contributed by atoms with van der Waals surface area (Å²) in [6.45, 7) is 6.64. The van der Waals surface area contributed by atoms with Gasteiger partial charge >= 0.3 is 6.03 Å². The van der Waals surface area contributed by atoms with Crippen molar-refractivity contribution >= 4 is 29.1 Å². The van der Waals surface area contributed by atoms with Gasteiger partial charge in [-0.15, -0.1) is 11.3 Å². The van der Waals surface area contributed by atoms with Gasteiger partial charge in [-0.05, 0) is 29.0 Å². The number of aliphatic hydroxyl groups is 1. The van der Waals surface area contributed by atoms with Crippen molar-refractivity contribution in [2.45, 2.75) is 38.8 Å². The average Bonchev–Trinajstić information content (AvgIpc) is 3.04. The molecule has 4 nitrogen and oxygen atoms in total. The van der Waals surface area contributed by atoms with Gasteiger partial charge in [0.2, 0.25) is 0 Å². The zero-order valence-corrected chi connectivity index (χ0v) is 14.4. The van der Waals surface area contributed by atoms with E-state index >= 15 is 0 Å². The lowest BCUT2D eigenvalue weighted by atomic mass is 9.86. The van der Waals surface area contributed by atoms with Crippen LogP contribution < -0.4 is 10.6 Å². The molecule has 21 heavy (non-hydrogen) atoms. The molecular weight excluding hydrogens is 304 g/mol. The summed E-state index contributed by atoms with van der Waals surface area (Å²) in [5, 5.41) is 18.1. The van der Waals surface area contributed by atoms with Gasteiger partial charge in [0.05, 0.1) is 11.6 Å². The second-order valence-corrected chi connectivity index (χ2v) is 8.75. The van der Waals surface area contributed by atoms with Crippen molar-refractivity contribution in [1.29, 1.82) is 0 Å². The molecule has 2 rings (SSSR count). The molecule has 1 aromatic heterocycles. The highest BCUT2D eigenvalue weighted by molar-refractivity contribution is 7.99. The summed E-state index contributed by atoms with van der Waals surface area (Å²) in [5.74, 6) is 1.65. The molecule has 1 fully saturated rings. The van der Waals surface area contributed by atoms with Crippen molar-refractivity contribution < 1.29 is 9.90 Å². The molecule has 118 valence electrons. The van der Waals surface area contributed by atoms with Gasteiger partial charge in [0, 0.05) is 17.2 Å². The standard InChI is InChI=1S/C15H24N2O2S2/c1-14(2,3)12(11-5-4-7-21-11)17-13(18)16-9-15(19)6-8-20-10-15/h4-5,7,12,19H,6,8-10H2,1-3H3,(H2,16,17,18). The lowest BCUT2D eigenvalue weighted by molar-refractivity contribution is 0.0696. The molecule has 0 aliphatic carbocycles. The molecule has 0 bridgehead atoms. The maximum absolute atomic E-state index is 12.2. The molecule has 0 radical (unpaired) electrons. The Labute approximate surface area is 134 Å². The number of nitrogens with one attached hydrogen (secondary N) is 2. The third-order valence-corrected chi connectivity index (χ3v) is 5.80. The van der Waals surface area contributed by atoms with E-state index in [0.29, 0.717) is 12.3 Å². The zero-order valence-electron chi connectivity index (χ0n) is 12.8. The quantitative estimate of drug-likeness (QED) is 0.796. The van der Waals surface area contributed by atoms with Gasteiger partial charge in [-0.2, -0.15) is 11.8 Å². The molecular formula is C15H24N2O2S2. The normalized spacial score (nSPS) is 23.8. The maximum Gasteiger partial charge on any atom is 0.315 e. The number of thiophene rings is 1. The predicted octanol–water partition coefficient (Wildman–Crippen LogP) is 3.00. The summed E-state index contributed by atoms with van der Waals surface area (Å²) in [6, 6.07) is 3.79. The molecule has 2 atom stereocenters. The third kappa shape index (κ3) is 4.63. The largest absolute Gasteiger partial charge is 0.387 e. The molecule has 2 heterocycles. The van der Waals surface area contributed by atoms with Crippen molar-refractivity contribution in [3.63, 3.8) is 0 Å². The minimum atomic E-state index is -0.748. The number of rotatable bonds is 4. The van der Waals surface area contributed by atoms with Gasteiger partial charge in [-0.25, -0.2) is 4.79 Å². The van der Waals surface area contributed by atoms with Crippen LogP contribution in [0.1, 0.15) is 38.1 Å². The van der Waals surface area contributed by atoms with Crippen LogP contribution in [0, 0.1) is 5.41 Å². The second kappa shape index (κ2) is 6.58. The van der Waals surface area contributed by atoms with Crippen molar-refractivity contribution in [2.24, 2.45) is 5.41 Å². The summed E-state index contributed by atoms with van der Waals surface area (Å²) < 4.78 is 0. The highest BCUT2D eigenvalue weighted by Crippen LogP contribution is 2.35. The van der Waals surface area contributed by atoms with E-state index in [2.05, 4.69) is 31.4 Å². The van der Waals surface area contributed by atoms with Gasteiger partial charge in [-0.1, -0.05) is 26.8 Å². The number of urea groups is 1. The molecule has 6 heteroatoms. The van der Waals surface area contributed by atoms with Crippen LogP contribution in [0.4, 0.5) is 4.79 Å². The van der Waals surface area contributed by atoms with Crippen LogP contribution in [0.15, 0.2) is 17.5 Å². The van der Waals surface area contributed by atoms with Gasteiger partial charge < -0.3 is 15.7 Å². The third-order valence-electron chi connectivity index (χ3n) is 3.63. The van der Waals surface area contributed by atoms with Crippen LogP contribution in [0.3, 0.4) is 0 Å². The summed E-state index contributed by atoms with van der Waals surface area (Å²) in [6.07, 6.45) is 0.742. The molecule has 2 unspecified atom stereocenters. The molecule has 0 saturated carbocycles. The first-order valence-corrected chi connectivity index (χ1v) is 9.21. The monoisotopic (exact) mass is 328 g/mol. The van der Waals surface area contributed by atoms with Crippen molar-refractivity contribution in [3.05, 3.63) is 22.4 Å². The van der Waals surface area contributed by atoms with E-state index in [1.54, 1.807) is 23.1 Å². The van der Waals surface area contributed by atoms with Crippen LogP contribution in [0.2, 0.25) is 0 Å². The number of thioether (sulfide) groups is 1. The first kappa shape index (κ1) is 16.6. The fourth-order valence-electron chi connectivity index (χ4n) is 2.33. The summed E-state index contributed by atoms with van der Waals surface area (Å²) in [5.41, 5.74) is -0.815. The van der Waals surface area contributed by atoms with E-state index < -0.39 is 5.60 Å². The Hall–Kier alpha value is -0.720. The van der Waals surface area contributed by atoms with E-state index in [9.17, 15) is 9.90 Å². The fourth-order valence-corrected chi connectivity index (χ4v) is 4.65. The highest BCUT2D eigenvalue weighted by atomic mass is 32.2. The first-order valence-electron chi connectivity index (χ1n) is 7.18. The minimum Gasteiger partial charge on any atom is -0.387 e. The van der Waals surface area contributed by atoms with E-state index in [-0.39, 0.29) is 17.5 Å². The van der Waals surface area contributed by atoms with Crippen LogP contribution in [-0.4, -0.2) is 34.8 Å². The molecule has 0 aromatic carbocycles. The van der Waals surface area contributed by atoms with Crippen LogP contribution in [-0.2, 0) is 0 Å². The van der Waals surface area contributed by atoms with Crippen molar-refractivity contribution in [2.75, 3.05) is 18.1 Å². The maximum atomic E-state index is 12.2. The van der Waals surface area contributed by atoms with Gasteiger partial charge in [-0.3, -0.25) is 0 Å². The molecule has 1 aliphatic rings.